The van der Waals surface area contributed by atoms with E-state index in [2.05, 4.69) is 16.7 Å². The number of rotatable bonds is 3. The second-order valence-corrected chi connectivity index (χ2v) is 4.66. The molecule has 2 rings (SSSR count). The Morgan fingerprint density at radius 1 is 1.47 bits per heavy atom. The maximum absolute atomic E-state index is 11.7. The van der Waals surface area contributed by atoms with Crippen molar-refractivity contribution < 1.29 is 9.53 Å². The zero-order valence-electron chi connectivity index (χ0n) is 10.7. The average Bonchev–Trinajstić information content (AvgIpc) is 2.47. The van der Waals surface area contributed by atoms with Gasteiger partial charge in [-0.05, 0) is 24.9 Å². The number of nitriles is 1. The first-order valence-electron chi connectivity index (χ1n) is 6.35. The third-order valence-corrected chi connectivity index (χ3v) is 3.15. The van der Waals surface area contributed by atoms with Crippen LogP contribution in [-0.2, 0) is 11.3 Å². The monoisotopic (exact) mass is 259 g/mol. The van der Waals surface area contributed by atoms with Gasteiger partial charge in [-0.1, -0.05) is 30.3 Å². The maximum atomic E-state index is 11.7. The Hall–Kier alpha value is -2.06. The molecule has 0 aliphatic carbocycles. The van der Waals surface area contributed by atoms with E-state index in [0.29, 0.717) is 13.0 Å². The Kier molecular flexibility index (Phi) is 4.37. The summed E-state index contributed by atoms with van der Waals surface area (Å²) in [5, 5.41) is 15.0. The van der Waals surface area contributed by atoms with Crippen molar-refractivity contribution in [3.63, 3.8) is 0 Å². The number of amides is 1. The summed E-state index contributed by atoms with van der Waals surface area (Å²) in [5.41, 5.74) is 0.0804. The minimum absolute atomic E-state index is 0.210. The Balaban J connectivity index is 1.85. The highest BCUT2D eigenvalue weighted by molar-refractivity contribution is 5.69. The Morgan fingerprint density at radius 2 is 2.26 bits per heavy atom. The molecule has 1 heterocycles. The van der Waals surface area contributed by atoms with E-state index in [1.165, 1.54) is 0 Å². The first-order valence-corrected chi connectivity index (χ1v) is 6.35. The molecule has 1 aromatic carbocycles. The van der Waals surface area contributed by atoms with Gasteiger partial charge in [0.2, 0.25) is 0 Å². The van der Waals surface area contributed by atoms with Gasteiger partial charge < -0.3 is 15.4 Å². The third kappa shape index (κ3) is 3.70. The smallest absolute Gasteiger partial charge is 0.408 e. The number of ether oxygens (including phenoxy) is 1. The van der Waals surface area contributed by atoms with Crippen LogP contribution in [0, 0.1) is 11.3 Å². The first kappa shape index (κ1) is 13.4. The van der Waals surface area contributed by atoms with E-state index in [1.807, 2.05) is 30.3 Å². The van der Waals surface area contributed by atoms with Crippen LogP contribution in [0.15, 0.2) is 30.3 Å². The zero-order valence-corrected chi connectivity index (χ0v) is 10.7. The number of alkyl carbamates (subject to hydrolysis) is 1. The van der Waals surface area contributed by atoms with Crippen molar-refractivity contribution in [1.82, 2.24) is 10.6 Å². The number of benzene rings is 1. The molecular weight excluding hydrogens is 242 g/mol. The highest BCUT2D eigenvalue weighted by atomic mass is 16.5. The molecule has 1 atom stereocenters. The van der Waals surface area contributed by atoms with Crippen LogP contribution >= 0.6 is 0 Å². The summed E-state index contributed by atoms with van der Waals surface area (Å²) >= 11 is 0. The maximum Gasteiger partial charge on any atom is 0.408 e. The molecule has 1 saturated heterocycles. The molecule has 1 aliphatic rings. The lowest BCUT2D eigenvalue weighted by Gasteiger charge is -2.31. The fourth-order valence-electron chi connectivity index (χ4n) is 2.09. The van der Waals surface area contributed by atoms with Crippen LogP contribution in [0.5, 0.6) is 0 Å². The lowest BCUT2D eigenvalue weighted by molar-refractivity contribution is 0.128. The SMILES string of the molecule is N#CC1(NC(=O)OCc2ccccc2)CCCNC1. The van der Waals surface area contributed by atoms with Crippen molar-refractivity contribution in [2.45, 2.75) is 25.0 Å². The molecule has 1 fully saturated rings. The van der Waals surface area contributed by atoms with E-state index in [4.69, 9.17) is 4.74 Å². The third-order valence-electron chi connectivity index (χ3n) is 3.15. The molecular formula is C14H17N3O2. The van der Waals surface area contributed by atoms with Crippen LogP contribution in [-0.4, -0.2) is 24.7 Å². The van der Waals surface area contributed by atoms with E-state index < -0.39 is 11.6 Å². The fourth-order valence-corrected chi connectivity index (χ4v) is 2.09. The molecule has 1 aliphatic heterocycles. The van der Waals surface area contributed by atoms with Gasteiger partial charge in [-0.2, -0.15) is 5.26 Å². The van der Waals surface area contributed by atoms with Gasteiger partial charge in [-0.15, -0.1) is 0 Å². The largest absolute Gasteiger partial charge is 0.445 e. The van der Waals surface area contributed by atoms with Gasteiger partial charge in [0.05, 0.1) is 6.07 Å². The first-order chi connectivity index (χ1) is 9.24. The lowest BCUT2D eigenvalue weighted by atomic mass is 9.92. The number of carbonyl (C=O) groups excluding carboxylic acids is 1. The normalized spacial score (nSPS) is 22.3. The Labute approximate surface area is 112 Å². The second kappa shape index (κ2) is 6.21. The second-order valence-electron chi connectivity index (χ2n) is 4.66. The molecule has 5 heteroatoms. The Morgan fingerprint density at radius 3 is 2.89 bits per heavy atom. The van der Waals surface area contributed by atoms with Crippen LogP contribution in [0.3, 0.4) is 0 Å². The summed E-state index contributed by atoms with van der Waals surface area (Å²) in [6.45, 7) is 1.55. The van der Waals surface area contributed by atoms with Crippen molar-refractivity contribution in [3.05, 3.63) is 35.9 Å². The van der Waals surface area contributed by atoms with Crippen molar-refractivity contribution in [1.29, 1.82) is 5.26 Å². The van der Waals surface area contributed by atoms with Crippen LogP contribution in [0.25, 0.3) is 0 Å². The molecule has 100 valence electrons. The molecule has 5 nitrogen and oxygen atoms in total. The van der Waals surface area contributed by atoms with E-state index in [1.54, 1.807) is 0 Å². The fraction of sp³-hybridized carbons (Fsp3) is 0.429. The van der Waals surface area contributed by atoms with E-state index in [-0.39, 0.29) is 6.61 Å². The number of carbonyl (C=O) groups is 1. The number of nitrogens with zero attached hydrogens (tertiary/aromatic N) is 1. The van der Waals surface area contributed by atoms with Gasteiger partial charge in [-0.25, -0.2) is 4.79 Å². The molecule has 0 bridgehead atoms. The molecule has 0 aromatic heterocycles. The molecule has 19 heavy (non-hydrogen) atoms. The van der Waals surface area contributed by atoms with Gasteiger partial charge in [0.15, 0.2) is 0 Å². The van der Waals surface area contributed by atoms with E-state index in [0.717, 1.165) is 18.5 Å². The highest BCUT2D eigenvalue weighted by Gasteiger charge is 2.34. The standard InChI is InChI=1S/C14H17N3O2/c15-10-14(7-4-8-16-11-14)17-13(18)19-9-12-5-2-1-3-6-12/h1-3,5-6,16H,4,7-9,11H2,(H,17,18). The quantitative estimate of drug-likeness (QED) is 0.864. The van der Waals surface area contributed by atoms with Crippen LogP contribution < -0.4 is 10.6 Å². The molecule has 1 amide bonds. The van der Waals surface area contributed by atoms with E-state index in [9.17, 15) is 10.1 Å². The summed E-state index contributed by atoms with van der Waals surface area (Å²) in [6, 6.07) is 11.6. The van der Waals surface area contributed by atoms with Crippen molar-refractivity contribution in [2.24, 2.45) is 0 Å². The number of hydrogen-bond acceptors (Lipinski definition) is 4. The number of nitrogens with one attached hydrogen (secondary N) is 2. The number of piperidine rings is 1. The molecule has 0 radical (unpaired) electrons. The Bertz CT molecular complexity index is 461. The van der Waals surface area contributed by atoms with Crippen molar-refractivity contribution in [2.75, 3.05) is 13.1 Å². The molecule has 0 saturated carbocycles. The highest BCUT2D eigenvalue weighted by Crippen LogP contribution is 2.15. The minimum Gasteiger partial charge on any atom is -0.445 e. The summed E-state index contributed by atoms with van der Waals surface area (Å²) in [4.78, 5) is 11.7. The summed E-state index contributed by atoms with van der Waals surface area (Å²) in [5.74, 6) is 0. The molecule has 1 unspecified atom stereocenters. The van der Waals surface area contributed by atoms with E-state index >= 15 is 0 Å². The van der Waals surface area contributed by atoms with Crippen LogP contribution in [0.4, 0.5) is 4.79 Å². The van der Waals surface area contributed by atoms with Crippen molar-refractivity contribution in [3.8, 4) is 6.07 Å². The van der Waals surface area contributed by atoms with Crippen LogP contribution in [0.1, 0.15) is 18.4 Å². The van der Waals surface area contributed by atoms with Crippen LogP contribution in [0.2, 0.25) is 0 Å². The average molecular weight is 259 g/mol. The van der Waals surface area contributed by atoms with Gasteiger partial charge in [0.1, 0.15) is 12.1 Å². The van der Waals surface area contributed by atoms with Gasteiger partial charge in [-0.3, -0.25) is 0 Å². The van der Waals surface area contributed by atoms with Gasteiger partial charge in [0.25, 0.3) is 0 Å². The van der Waals surface area contributed by atoms with Gasteiger partial charge >= 0.3 is 6.09 Å². The topological polar surface area (TPSA) is 74.2 Å². The zero-order chi connectivity index (χ0) is 13.6. The molecule has 1 aromatic rings. The summed E-state index contributed by atoms with van der Waals surface area (Å²) < 4.78 is 5.13. The van der Waals surface area contributed by atoms with Crippen molar-refractivity contribution >= 4 is 6.09 Å². The molecule has 2 N–H and O–H groups in total. The molecule has 0 spiro atoms. The van der Waals surface area contributed by atoms with Gasteiger partial charge in [0, 0.05) is 6.54 Å². The predicted molar refractivity (Wildman–Crippen MR) is 70.2 cm³/mol. The number of hydrogen-bond donors (Lipinski definition) is 2. The summed E-state index contributed by atoms with van der Waals surface area (Å²) in [6.07, 6.45) is 0.970. The lowest BCUT2D eigenvalue weighted by Crippen LogP contribution is -2.56. The predicted octanol–water partition coefficient (Wildman–Crippen LogP) is 1.56. The summed E-state index contributed by atoms with van der Waals surface area (Å²) in [7, 11) is 0. The minimum atomic E-state index is -0.841.